The molecular formula is C15H18N2O5S. The maximum Gasteiger partial charge on any atom is 0.319 e. The number of esters is 1. The fraction of sp³-hybridized carbons (Fsp3) is 0.333. The molecule has 0 aliphatic heterocycles. The average Bonchev–Trinajstić information content (AvgIpc) is 2.52. The molecule has 0 unspecified atom stereocenters. The highest BCUT2D eigenvalue weighted by atomic mass is 32.2. The van der Waals surface area contributed by atoms with Crippen molar-refractivity contribution in [2.45, 2.75) is 30.1 Å². The third kappa shape index (κ3) is 6.11. The van der Waals surface area contributed by atoms with Crippen molar-refractivity contribution in [3.63, 3.8) is 0 Å². The van der Waals surface area contributed by atoms with Gasteiger partial charge in [-0.05, 0) is 26.0 Å². The Morgan fingerprint density at radius 1 is 1.39 bits per heavy atom. The van der Waals surface area contributed by atoms with E-state index in [0.717, 1.165) is 0 Å². The maximum absolute atomic E-state index is 12.0. The van der Waals surface area contributed by atoms with Crippen molar-refractivity contribution in [1.82, 2.24) is 5.32 Å². The molecule has 1 rings (SSSR count). The van der Waals surface area contributed by atoms with Crippen molar-refractivity contribution in [3.8, 4) is 0 Å². The summed E-state index contributed by atoms with van der Waals surface area (Å²) in [6, 6.07) is 5.86. The van der Waals surface area contributed by atoms with E-state index in [1.165, 1.54) is 36.9 Å². The number of nitrogens with one attached hydrogen (secondary N) is 1. The Morgan fingerprint density at radius 2 is 2.00 bits per heavy atom. The predicted molar refractivity (Wildman–Crippen MR) is 87.2 cm³/mol. The molecule has 1 aromatic rings. The number of nitrogens with zero attached hydrogens (tertiary/aromatic N) is 1. The largest absolute Gasteiger partial charge is 0.452 e. The number of carbonyl (C=O) groups excluding carboxylic acids is 2. The van der Waals surface area contributed by atoms with E-state index in [1.54, 1.807) is 19.1 Å². The number of hydrogen-bond acceptors (Lipinski definition) is 6. The number of thioether (sulfide) groups is 1. The minimum atomic E-state index is -0.901. The smallest absolute Gasteiger partial charge is 0.319 e. The summed E-state index contributed by atoms with van der Waals surface area (Å²) in [5.74, 6) is -0.930. The minimum absolute atomic E-state index is 0.0166. The minimum Gasteiger partial charge on any atom is -0.452 e. The number of amides is 1. The van der Waals surface area contributed by atoms with Crippen molar-refractivity contribution in [1.29, 1.82) is 0 Å². The molecule has 0 heterocycles. The highest BCUT2D eigenvalue weighted by Gasteiger charge is 2.22. The van der Waals surface area contributed by atoms with Gasteiger partial charge in [-0.3, -0.25) is 19.7 Å². The second kappa shape index (κ2) is 8.94. The van der Waals surface area contributed by atoms with Gasteiger partial charge in [0.25, 0.3) is 11.6 Å². The van der Waals surface area contributed by atoms with Gasteiger partial charge in [0.1, 0.15) is 5.25 Å². The van der Waals surface area contributed by atoms with Crippen LogP contribution in [0.15, 0.2) is 41.8 Å². The number of ether oxygens (including phenoxy) is 1. The molecule has 0 aromatic heterocycles. The van der Waals surface area contributed by atoms with Gasteiger partial charge in [0, 0.05) is 23.6 Å². The molecule has 1 N–H and O–H groups in total. The summed E-state index contributed by atoms with van der Waals surface area (Å²) >= 11 is 1.20. The Hall–Kier alpha value is -2.35. The molecule has 0 bridgehead atoms. The normalized spacial score (nSPS) is 12.8. The molecule has 8 heteroatoms. The second-order valence-electron chi connectivity index (χ2n) is 4.62. The van der Waals surface area contributed by atoms with Crippen molar-refractivity contribution in [2.24, 2.45) is 0 Å². The monoisotopic (exact) mass is 338 g/mol. The van der Waals surface area contributed by atoms with Crippen molar-refractivity contribution < 1.29 is 19.2 Å². The van der Waals surface area contributed by atoms with E-state index in [4.69, 9.17) is 4.74 Å². The zero-order valence-electron chi connectivity index (χ0n) is 12.9. The van der Waals surface area contributed by atoms with Crippen LogP contribution in [0.1, 0.15) is 13.8 Å². The molecule has 124 valence electrons. The molecule has 0 radical (unpaired) electrons. The van der Waals surface area contributed by atoms with Crippen LogP contribution in [-0.2, 0) is 14.3 Å². The average molecular weight is 338 g/mol. The number of non-ortho nitro benzene ring substituents is 1. The summed E-state index contributed by atoms with van der Waals surface area (Å²) in [7, 11) is 0. The van der Waals surface area contributed by atoms with Crippen LogP contribution in [0.25, 0.3) is 0 Å². The van der Waals surface area contributed by atoms with E-state index >= 15 is 0 Å². The molecule has 0 aliphatic carbocycles. The van der Waals surface area contributed by atoms with Crippen LogP contribution >= 0.6 is 11.8 Å². The zero-order chi connectivity index (χ0) is 17.4. The molecule has 23 heavy (non-hydrogen) atoms. The van der Waals surface area contributed by atoms with Crippen molar-refractivity contribution in [3.05, 3.63) is 47.0 Å². The molecule has 1 amide bonds. The third-order valence-electron chi connectivity index (χ3n) is 2.78. The number of nitro benzene ring substituents is 1. The lowest BCUT2D eigenvalue weighted by Gasteiger charge is -2.16. The summed E-state index contributed by atoms with van der Waals surface area (Å²) in [4.78, 5) is 34.4. The molecule has 0 saturated carbocycles. The van der Waals surface area contributed by atoms with E-state index in [1.807, 2.05) is 0 Å². The van der Waals surface area contributed by atoms with E-state index in [0.29, 0.717) is 11.4 Å². The van der Waals surface area contributed by atoms with Gasteiger partial charge in [0.05, 0.1) is 4.92 Å². The van der Waals surface area contributed by atoms with Gasteiger partial charge < -0.3 is 10.1 Å². The lowest BCUT2D eigenvalue weighted by molar-refractivity contribution is -0.384. The van der Waals surface area contributed by atoms with Gasteiger partial charge in [-0.1, -0.05) is 6.08 Å². The quantitative estimate of drug-likeness (QED) is 0.257. The molecule has 0 fully saturated rings. The lowest BCUT2D eigenvalue weighted by atomic mass is 10.3. The number of rotatable bonds is 8. The Morgan fingerprint density at radius 3 is 2.52 bits per heavy atom. The molecule has 0 aliphatic rings. The van der Waals surface area contributed by atoms with Crippen LogP contribution < -0.4 is 5.32 Å². The Labute approximate surface area is 138 Å². The van der Waals surface area contributed by atoms with Crippen molar-refractivity contribution in [2.75, 3.05) is 6.54 Å². The SMILES string of the molecule is C=CCNC(=O)[C@@H](C)OC(=O)[C@@H](C)Sc1ccc([N+](=O)[O-])cc1. The highest BCUT2D eigenvalue weighted by molar-refractivity contribution is 8.00. The second-order valence-corrected chi connectivity index (χ2v) is 6.04. The van der Waals surface area contributed by atoms with Crippen LogP contribution in [0, 0.1) is 10.1 Å². The number of benzene rings is 1. The summed E-state index contributed by atoms with van der Waals surface area (Å²) in [5, 5.41) is 12.6. The van der Waals surface area contributed by atoms with Gasteiger partial charge in [-0.25, -0.2) is 0 Å². The lowest BCUT2D eigenvalue weighted by Crippen LogP contribution is -2.37. The van der Waals surface area contributed by atoms with E-state index in [9.17, 15) is 19.7 Å². The van der Waals surface area contributed by atoms with Crippen LogP contribution in [-0.4, -0.2) is 34.7 Å². The van der Waals surface area contributed by atoms with E-state index in [2.05, 4.69) is 11.9 Å². The van der Waals surface area contributed by atoms with Gasteiger partial charge in [-0.15, -0.1) is 18.3 Å². The molecule has 7 nitrogen and oxygen atoms in total. The van der Waals surface area contributed by atoms with Crippen molar-refractivity contribution >= 4 is 29.3 Å². The topological polar surface area (TPSA) is 98.5 Å². The Bertz CT molecular complexity index is 588. The summed E-state index contributed by atoms with van der Waals surface area (Å²) in [6.07, 6.45) is 0.627. The highest BCUT2D eigenvalue weighted by Crippen LogP contribution is 2.26. The first-order chi connectivity index (χ1) is 10.8. The first-order valence-electron chi connectivity index (χ1n) is 6.85. The Balaban J connectivity index is 2.54. The number of nitro groups is 1. The first-order valence-corrected chi connectivity index (χ1v) is 7.73. The van der Waals surface area contributed by atoms with Crippen LogP contribution in [0.3, 0.4) is 0 Å². The first kappa shape index (κ1) is 18.7. The van der Waals surface area contributed by atoms with Crippen LogP contribution in [0.2, 0.25) is 0 Å². The summed E-state index contributed by atoms with van der Waals surface area (Å²) in [6.45, 7) is 6.90. The molecule has 0 saturated heterocycles. The maximum atomic E-state index is 12.0. The van der Waals surface area contributed by atoms with E-state index < -0.39 is 28.2 Å². The molecule has 1 aromatic carbocycles. The molecule has 2 atom stereocenters. The van der Waals surface area contributed by atoms with Crippen LogP contribution in [0.4, 0.5) is 5.69 Å². The van der Waals surface area contributed by atoms with Gasteiger partial charge in [0.2, 0.25) is 0 Å². The fourth-order valence-corrected chi connectivity index (χ4v) is 2.39. The number of carbonyl (C=O) groups is 2. The molecular weight excluding hydrogens is 320 g/mol. The summed E-state index contributed by atoms with van der Waals surface area (Å²) < 4.78 is 5.09. The third-order valence-corrected chi connectivity index (χ3v) is 3.87. The predicted octanol–water partition coefficient (Wildman–Crippen LogP) is 2.31. The van der Waals surface area contributed by atoms with Gasteiger partial charge in [0.15, 0.2) is 6.10 Å². The van der Waals surface area contributed by atoms with Crippen LogP contribution in [0.5, 0.6) is 0 Å². The van der Waals surface area contributed by atoms with Gasteiger partial charge in [-0.2, -0.15) is 0 Å². The van der Waals surface area contributed by atoms with Gasteiger partial charge >= 0.3 is 5.97 Å². The zero-order valence-corrected chi connectivity index (χ0v) is 13.7. The van der Waals surface area contributed by atoms with E-state index in [-0.39, 0.29) is 5.69 Å². The molecule has 0 spiro atoms. The standard InChI is InChI=1S/C15H18N2O5S/c1-4-9-16-14(18)10(2)22-15(19)11(3)23-13-7-5-12(6-8-13)17(20)21/h4-8,10-11H,1,9H2,2-3H3,(H,16,18)/t10-,11-/m1/s1. The fourth-order valence-electron chi connectivity index (χ4n) is 1.54. The summed E-state index contributed by atoms with van der Waals surface area (Å²) in [5.41, 5.74) is -0.0166. The number of hydrogen-bond donors (Lipinski definition) is 1. The Kier molecular flexibility index (Phi) is 7.27.